The maximum atomic E-state index is 11.5. The van der Waals surface area contributed by atoms with Crippen LogP contribution in [0.1, 0.15) is 34.6 Å². The zero-order valence-electron chi connectivity index (χ0n) is 9.24. The molecule has 0 aliphatic heterocycles. The molecule has 5 heteroatoms. The fraction of sp³-hybridized carbons (Fsp3) is 0.455. The standard InChI is InChI=1S/C11H12N2O3/c1-13-10-7(6-14)4-3-5-8(10)9(12-13)11(15)16-2/h3-5H2,1-2H3. The second kappa shape index (κ2) is 3.94. The molecule has 0 amide bonds. The van der Waals surface area contributed by atoms with Gasteiger partial charge in [0, 0.05) is 12.6 Å². The summed E-state index contributed by atoms with van der Waals surface area (Å²) in [5.74, 6) is 1.47. The summed E-state index contributed by atoms with van der Waals surface area (Å²) in [6, 6.07) is 0. The highest BCUT2D eigenvalue weighted by Crippen LogP contribution is 2.30. The van der Waals surface area contributed by atoms with Crippen molar-refractivity contribution in [1.29, 1.82) is 0 Å². The molecule has 16 heavy (non-hydrogen) atoms. The van der Waals surface area contributed by atoms with Crippen LogP contribution < -0.4 is 0 Å². The lowest BCUT2D eigenvalue weighted by Crippen LogP contribution is -2.08. The van der Waals surface area contributed by atoms with Crippen LogP contribution in [-0.2, 0) is 23.0 Å². The van der Waals surface area contributed by atoms with Gasteiger partial charge < -0.3 is 4.74 Å². The monoisotopic (exact) mass is 220 g/mol. The van der Waals surface area contributed by atoms with Crippen molar-refractivity contribution >= 4 is 17.5 Å². The third kappa shape index (κ3) is 1.46. The summed E-state index contributed by atoms with van der Waals surface area (Å²) < 4.78 is 6.22. The number of methoxy groups -OCH3 is 1. The Labute approximate surface area is 92.7 Å². The number of carbonyl (C=O) groups is 1. The maximum absolute atomic E-state index is 11.5. The lowest BCUT2D eigenvalue weighted by molar-refractivity contribution is 0.0592. The number of carbonyl (C=O) groups excluding carboxylic acids is 2. The highest BCUT2D eigenvalue weighted by Gasteiger charge is 2.27. The molecule has 0 spiro atoms. The van der Waals surface area contributed by atoms with Crippen molar-refractivity contribution in [2.24, 2.45) is 7.05 Å². The van der Waals surface area contributed by atoms with Crippen LogP contribution in [0.5, 0.6) is 0 Å². The predicted octanol–water partition coefficient (Wildman–Crippen LogP) is 0.758. The number of rotatable bonds is 1. The van der Waals surface area contributed by atoms with Crippen molar-refractivity contribution in [3.8, 4) is 0 Å². The lowest BCUT2D eigenvalue weighted by atomic mass is 9.92. The molecule has 1 aromatic heterocycles. The van der Waals surface area contributed by atoms with E-state index in [9.17, 15) is 9.59 Å². The molecule has 0 N–H and O–H groups in total. The minimum absolute atomic E-state index is 0.312. The van der Waals surface area contributed by atoms with E-state index in [1.54, 1.807) is 11.7 Å². The van der Waals surface area contributed by atoms with Gasteiger partial charge in [-0.1, -0.05) is 0 Å². The summed E-state index contributed by atoms with van der Waals surface area (Å²) in [5, 5.41) is 4.10. The zero-order chi connectivity index (χ0) is 11.7. The molecule has 2 rings (SSSR count). The van der Waals surface area contributed by atoms with Gasteiger partial charge in [0.05, 0.1) is 18.4 Å². The van der Waals surface area contributed by atoms with Crippen LogP contribution in [0.2, 0.25) is 0 Å². The van der Waals surface area contributed by atoms with Gasteiger partial charge in [0.15, 0.2) is 5.69 Å². The molecule has 0 unspecified atom stereocenters. The Morgan fingerprint density at radius 2 is 2.25 bits per heavy atom. The molecule has 0 fully saturated rings. The maximum Gasteiger partial charge on any atom is 0.358 e. The van der Waals surface area contributed by atoms with Gasteiger partial charge in [0.25, 0.3) is 0 Å². The first-order chi connectivity index (χ1) is 7.69. The Morgan fingerprint density at radius 3 is 2.88 bits per heavy atom. The van der Waals surface area contributed by atoms with Gasteiger partial charge in [-0.3, -0.25) is 4.68 Å². The first kappa shape index (κ1) is 10.6. The van der Waals surface area contributed by atoms with E-state index < -0.39 is 5.97 Å². The second-order valence-corrected chi connectivity index (χ2v) is 3.73. The highest BCUT2D eigenvalue weighted by atomic mass is 16.5. The van der Waals surface area contributed by atoms with E-state index >= 15 is 0 Å². The number of nitrogens with zero attached hydrogens (tertiary/aromatic N) is 2. The number of fused-ring (bicyclic) bond motifs is 1. The molecule has 1 aliphatic carbocycles. The third-order valence-electron chi connectivity index (χ3n) is 2.79. The largest absolute Gasteiger partial charge is 0.464 e. The van der Waals surface area contributed by atoms with Crippen molar-refractivity contribution in [2.45, 2.75) is 19.3 Å². The SMILES string of the molecule is COC(=O)c1nn(C)c2c1CCCC2=C=O. The van der Waals surface area contributed by atoms with E-state index in [1.807, 2.05) is 5.94 Å². The van der Waals surface area contributed by atoms with Gasteiger partial charge >= 0.3 is 5.97 Å². The summed E-state index contributed by atoms with van der Waals surface area (Å²) in [5.41, 5.74) is 2.43. The van der Waals surface area contributed by atoms with Crippen molar-refractivity contribution in [1.82, 2.24) is 9.78 Å². The topological polar surface area (TPSA) is 61.2 Å². The second-order valence-electron chi connectivity index (χ2n) is 3.73. The van der Waals surface area contributed by atoms with Gasteiger partial charge in [0.1, 0.15) is 5.94 Å². The Morgan fingerprint density at radius 1 is 1.50 bits per heavy atom. The van der Waals surface area contributed by atoms with Gasteiger partial charge in [-0.05, 0) is 19.3 Å². The summed E-state index contributed by atoms with van der Waals surface area (Å²) in [7, 11) is 3.04. The third-order valence-corrected chi connectivity index (χ3v) is 2.79. The molecule has 1 aliphatic rings. The van der Waals surface area contributed by atoms with Crippen molar-refractivity contribution < 1.29 is 14.3 Å². The normalized spacial score (nSPS) is 14.2. The van der Waals surface area contributed by atoms with E-state index in [-0.39, 0.29) is 0 Å². The fourth-order valence-corrected chi connectivity index (χ4v) is 2.10. The van der Waals surface area contributed by atoms with E-state index in [0.717, 1.165) is 24.1 Å². The molecular weight excluding hydrogens is 208 g/mol. The van der Waals surface area contributed by atoms with Crippen molar-refractivity contribution in [2.75, 3.05) is 7.11 Å². The van der Waals surface area contributed by atoms with Crippen LogP contribution in [0.15, 0.2) is 0 Å². The van der Waals surface area contributed by atoms with Crippen LogP contribution in [0.4, 0.5) is 0 Å². The zero-order valence-corrected chi connectivity index (χ0v) is 9.24. The van der Waals surface area contributed by atoms with E-state index in [0.29, 0.717) is 17.7 Å². The number of hydrogen-bond acceptors (Lipinski definition) is 4. The molecule has 5 nitrogen and oxygen atoms in total. The molecule has 0 radical (unpaired) electrons. The van der Waals surface area contributed by atoms with Crippen LogP contribution in [-0.4, -0.2) is 28.8 Å². The Balaban J connectivity index is 2.62. The lowest BCUT2D eigenvalue weighted by Gasteiger charge is -2.13. The molecule has 1 aromatic rings. The van der Waals surface area contributed by atoms with Gasteiger partial charge in [-0.2, -0.15) is 5.10 Å². The number of hydrogen-bond donors (Lipinski definition) is 0. The molecule has 0 saturated heterocycles. The number of allylic oxidation sites excluding steroid dienone is 1. The van der Waals surface area contributed by atoms with Crippen LogP contribution >= 0.6 is 0 Å². The fourth-order valence-electron chi connectivity index (χ4n) is 2.10. The minimum Gasteiger partial charge on any atom is -0.464 e. The molecular formula is C11H12N2O3. The number of aryl methyl sites for hydroxylation is 1. The highest BCUT2D eigenvalue weighted by molar-refractivity contribution is 5.94. The Hall–Kier alpha value is -1.87. The summed E-state index contributed by atoms with van der Waals surface area (Å²) >= 11 is 0. The molecule has 0 saturated carbocycles. The average Bonchev–Trinajstić information content (AvgIpc) is 2.66. The molecule has 0 aromatic carbocycles. The van der Waals surface area contributed by atoms with E-state index in [4.69, 9.17) is 0 Å². The first-order valence-electron chi connectivity index (χ1n) is 5.07. The molecule has 0 bridgehead atoms. The number of aromatic nitrogens is 2. The number of ether oxygens (including phenoxy) is 1. The van der Waals surface area contributed by atoms with Crippen LogP contribution in [0.3, 0.4) is 0 Å². The summed E-state index contributed by atoms with van der Waals surface area (Å²) in [4.78, 5) is 22.3. The van der Waals surface area contributed by atoms with Crippen LogP contribution in [0, 0.1) is 0 Å². The minimum atomic E-state index is -0.455. The molecule has 1 heterocycles. The Kier molecular flexibility index (Phi) is 2.62. The first-order valence-corrected chi connectivity index (χ1v) is 5.07. The predicted molar refractivity (Wildman–Crippen MR) is 56.6 cm³/mol. The van der Waals surface area contributed by atoms with E-state index in [2.05, 4.69) is 9.84 Å². The quantitative estimate of drug-likeness (QED) is 0.517. The van der Waals surface area contributed by atoms with Crippen molar-refractivity contribution in [3.63, 3.8) is 0 Å². The Bertz CT molecular complexity index is 496. The van der Waals surface area contributed by atoms with E-state index in [1.165, 1.54) is 7.11 Å². The molecule has 0 atom stereocenters. The van der Waals surface area contributed by atoms with Gasteiger partial charge in [-0.25, -0.2) is 9.59 Å². The van der Waals surface area contributed by atoms with Crippen molar-refractivity contribution in [3.05, 3.63) is 17.0 Å². The summed E-state index contributed by atoms with van der Waals surface area (Å²) in [6.45, 7) is 0. The smallest absolute Gasteiger partial charge is 0.358 e. The van der Waals surface area contributed by atoms with Gasteiger partial charge in [-0.15, -0.1) is 0 Å². The van der Waals surface area contributed by atoms with Crippen LogP contribution in [0.25, 0.3) is 5.57 Å². The average molecular weight is 220 g/mol. The molecule has 84 valence electrons. The van der Waals surface area contributed by atoms with Gasteiger partial charge in [0.2, 0.25) is 0 Å². The number of esters is 1. The summed E-state index contributed by atoms with van der Waals surface area (Å²) in [6.07, 6.45) is 2.28.